The van der Waals surface area contributed by atoms with E-state index in [1.54, 1.807) is 11.3 Å². The maximum Gasteiger partial charge on any atom is 0.252 e. The van der Waals surface area contributed by atoms with E-state index in [9.17, 15) is 4.79 Å². The molecular formula is C10H15ClN2OS. The van der Waals surface area contributed by atoms with Gasteiger partial charge in [0.1, 0.15) is 0 Å². The van der Waals surface area contributed by atoms with Gasteiger partial charge in [-0.15, -0.1) is 12.4 Å². The summed E-state index contributed by atoms with van der Waals surface area (Å²) in [5, 5.41) is 10.1. The number of halogens is 1. The van der Waals surface area contributed by atoms with Crippen molar-refractivity contribution >= 4 is 29.7 Å². The van der Waals surface area contributed by atoms with Crippen molar-refractivity contribution in [2.75, 3.05) is 13.1 Å². The highest BCUT2D eigenvalue weighted by atomic mass is 35.5. The van der Waals surface area contributed by atoms with Gasteiger partial charge in [-0.05, 0) is 37.4 Å². The summed E-state index contributed by atoms with van der Waals surface area (Å²) in [4.78, 5) is 11.6. The summed E-state index contributed by atoms with van der Waals surface area (Å²) in [6.45, 7) is 2.02. The van der Waals surface area contributed by atoms with Gasteiger partial charge < -0.3 is 10.6 Å². The molecule has 1 aliphatic heterocycles. The van der Waals surface area contributed by atoms with Crippen molar-refractivity contribution in [2.24, 2.45) is 0 Å². The summed E-state index contributed by atoms with van der Waals surface area (Å²) in [7, 11) is 0. The smallest absolute Gasteiger partial charge is 0.252 e. The van der Waals surface area contributed by atoms with Crippen LogP contribution >= 0.6 is 23.7 Å². The molecule has 0 aromatic carbocycles. The van der Waals surface area contributed by atoms with Crippen LogP contribution in [-0.4, -0.2) is 25.0 Å². The van der Waals surface area contributed by atoms with Crippen LogP contribution < -0.4 is 10.6 Å². The Labute approximate surface area is 99.7 Å². The van der Waals surface area contributed by atoms with E-state index in [0.717, 1.165) is 31.5 Å². The van der Waals surface area contributed by atoms with Crippen LogP contribution in [0.5, 0.6) is 0 Å². The van der Waals surface area contributed by atoms with E-state index >= 15 is 0 Å². The first-order chi connectivity index (χ1) is 6.86. The normalized spacial score (nSPS) is 16.8. The van der Waals surface area contributed by atoms with Gasteiger partial charge in [-0.25, -0.2) is 0 Å². The fraction of sp³-hybridized carbons (Fsp3) is 0.500. The van der Waals surface area contributed by atoms with Crippen LogP contribution in [-0.2, 0) is 0 Å². The average molecular weight is 247 g/mol. The first-order valence-corrected chi connectivity index (χ1v) is 5.84. The van der Waals surface area contributed by atoms with E-state index in [1.807, 2.05) is 16.8 Å². The van der Waals surface area contributed by atoms with Crippen molar-refractivity contribution in [1.29, 1.82) is 0 Å². The van der Waals surface area contributed by atoms with Gasteiger partial charge in [0.05, 0.1) is 0 Å². The van der Waals surface area contributed by atoms with Gasteiger partial charge in [0, 0.05) is 17.0 Å². The zero-order valence-corrected chi connectivity index (χ0v) is 10.00. The Hall–Kier alpha value is -0.580. The van der Waals surface area contributed by atoms with E-state index < -0.39 is 0 Å². The number of hydrogen-bond acceptors (Lipinski definition) is 3. The molecule has 1 fully saturated rings. The molecule has 2 heterocycles. The first kappa shape index (κ1) is 12.5. The molecule has 1 aliphatic rings. The van der Waals surface area contributed by atoms with Gasteiger partial charge in [0.15, 0.2) is 0 Å². The second-order valence-corrected chi connectivity index (χ2v) is 4.29. The Bertz CT molecular complexity index is 296. The Morgan fingerprint density at radius 3 is 2.80 bits per heavy atom. The lowest BCUT2D eigenvalue weighted by atomic mass is 10.1. The number of piperidine rings is 1. The van der Waals surface area contributed by atoms with Gasteiger partial charge in [-0.3, -0.25) is 4.79 Å². The molecule has 1 amide bonds. The number of nitrogens with one attached hydrogen (secondary N) is 2. The molecule has 0 aliphatic carbocycles. The van der Waals surface area contributed by atoms with Crippen LogP contribution in [0.2, 0.25) is 0 Å². The standard InChI is InChI=1S/C10H14N2OS.ClH/c13-10(8-3-6-14-7-8)12-9-1-4-11-5-2-9;/h3,6-7,9,11H,1-2,4-5H2,(H,12,13);1H. The third kappa shape index (κ3) is 3.48. The minimum atomic E-state index is 0. The predicted octanol–water partition coefficient (Wildman–Crippen LogP) is 1.65. The molecule has 0 spiro atoms. The topological polar surface area (TPSA) is 41.1 Å². The van der Waals surface area contributed by atoms with Crippen LogP contribution in [0.15, 0.2) is 16.8 Å². The number of carbonyl (C=O) groups is 1. The van der Waals surface area contributed by atoms with Crippen molar-refractivity contribution in [2.45, 2.75) is 18.9 Å². The number of hydrogen-bond donors (Lipinski definition) is 2. The fourth-order valence-corrected chi connectivity index (χ4v) is 2.26. The largest absolute Gasteiger partial charge is 0.349 e. The monoisotopic (exact) mass is 246 g/mol. The van der Waals surface area contributed by atoms with E-state index in [0.29, 0.717) is 6.04 Å². The lowest BCUT2D eigenvalue weighted by Crippen LogP contribution is -2.42. The number of thiophene rings is 1. The number of carbonyl (C=O) groups excluding carboxylic acids is 1. The van der Waals surface area contributed by atoms with Crippen molar-refractivity contribution in [3.05, 3.63) is 22.4 Å². The van der Waals surface area contributed by atoms with Crippen LogP contribution in [0, 0.1) is 0 Å². The van der Waals surface area contributed by atoms with Crippen molar-refractivity contribution in [3.63, 3.8) is 0 Å². The summed E-state index contributed by atoms with van der Waals surface area (Å²) in [6.07, 6.45) is 2.08. The molecule has 0 atom stereocenters. The fourth-order valence-electron chi connectivity index (χ4n) is 1.63. The SMILES string of the molecule is Cl.O=C(NC1CCNCC1)c1ccsc1. The lowest BCUT2D eigenvalue weighted by molar-refractivity contribution is 0.0930. The number of amides is 1. The van der Waals surface area contributed by atoms with Crippen molar-refractivity contribution in [3.8, 4) is 0 Å². The molecule has 2 N–H and O–H groups in total. The average Bonchev–Trinajstić information content (AvgIpc) is 2.72. The van der Waals surface area contributed by atoms with Gasteiger partial charge in [0.25, 0.3) is 5.91 Å². The third-order valence-corrected chi connectivity index (χ3v) is 3.14. The second kappa shape index (κ2) is 6.10. The van der Waals surface area contributed by atoms with Crippen LogP contribution in [0.4, 0.5) is 0 Å². The molecule has 0 unspecified atom stereocenters. The van der Waals surface area contributed by atoms with Gasteiger partial charge in [-0.2, -0.15) is 11.3 Å². The minimum absolute atomic E-state index is 0. The van der Waals surface area contributed by atoms with E-state index in [2.05, 4.69) is 10.6 Å². The van der Waals surface area contributed by atoms with Crippen molar-refractivity contribution in [1.82, 2.24) is 10.6 Å². The number of rotatable bonds is 2. The lowest BCUT2D eigenvalue weighted by Gasteiger charge is -2.23. The van der Waals surface area contributed by atoms with Gasteiger partial charge in [0.2, 0.25) is 0 Å². The molecule has 15 heavy (non-hydrogen) atoms. The summed E-state index contributed by atoms with van der Waals surface area (Å²) >= 11 is 1.56. The third-order valence-electron chi connectivity index (χ3n) is 2.46. The molecule has 1 aromatic rings. The van der Waals surface area contributed by atoms with Gasteiger partial charge >= 0.3 is 0 Å². The molecular weight excluding hydrogens is 232 g/mol. The highest BCUT2D eigenvalue weighted by molar-refractivity contribution is 7.08. The molecule has 5 heteroatoms. The summed E-state index contributed by atoms with van der Waals surface area (Å²) in [5.41, 5.74) is 0.786. The molecule has 3 nitrogen and oxygen atoms in total. The molecule has 1 aromatic heterocycles. The molecule has 2 rings (SSSR count). The Morgan fingerprint density at radius 2 is 2.20 bits per heavy atom. The highest BCUT2D eigenvalue weighted by Gasteiger charge is 2.16. The molecule has 0 saturated carbocycles. The first-order valence-electron chi connectivity index (χ1n) is 4.90. The summed E-state index contributed by atoms with van der Waals surface area (Å²) in [6, 6.07) is 2.21. The quantitative estimate of drug-likeness (QED) is 0.833. The van der Waals surface area contributed by atoms with Crippen molar-refractivity contribution < 1.29 is 4.79 Å². The van der Waals surface area contributed by atoms with E-state index in [4.69, 9.17) is 0 Å². The maximum absolute atomic E-state index is 11.6. The van der Waals surface area contributed by atoms with E-state index in [1.165, 1.54) is 0 Å². The molecule has 0 radical (unpaired) electrons. The summed E-state index contributed by atoms with van der Waals surface area (Å²) < 4.78 is 0. The maximum atomic E-state index is 11.6. The molecule has 0 bridgehead atoms. The minimum Gasteiger partial charge on any atom is -0.349 e. The zero-order valence-electron chi connectivity index (χ0n) is 8.36. The Morgan fingerprint density at radius 1 is 1.47 bits per heavy atom. The molecule has 84 valence electrons. The van der Waals surface area contributed by atoms with Crippen LogP contribution in [0.3, 0.4) is 0 Å². The van der Waals surface area contributed by atoms with Crippen LogP contribution in [0.25, 0.3) is 0 Å². The van der Waals surface area contributed by atoms with Gasteiger partial charge in [-0.1, -0.05) is 0 Å². The molecule has 1 saturated heterocycles. The van der Waals surface area contributed by atoms with E-state index in [-0.39, 0.29) is 18.3 Å². The second-order valence-electron chi connectivity index (χ2n) is 3.51. The zero-order chi connectivity index (χ0) is 9.80. The van der Waals surface area contributed by atoms with Crippen LogP contribution in [0.1, 0.15) is 23.2 Å². The Balaban J connectivity index is 0.00000112. The predicted molar refractivity (Wildman–Crippen MR) is 64.9 cm³/mol. The highest BCUT2D eigenvalue weighted by Crippen LogP contribution is 2.08. The summed E-state index contributed by atoms with van der Waals surface area (Å²) in [5.74, 6) is 0.0677. The Kier molecular flexibility index (Phi) is 5.08.